The monoisotopic (exact) mass is 475 g/mol. The van der Waals surface area contributed by atoms with Crippen LogP contribution in [0.1, 0.15) is 44.3 Å². The number of nitriles is 1. The summed E-state index contributed by atoms with van der Waals surface area (Å²) in [4.78, 5) is 10.7. The first-order chi connectivity index (χ1) is 17.0. The molecule has 1 aliphatic carbocycles. The number of alkyl halides is 1. The SMILES string of the molecule is Cn1nc(-c2ccc(-c3ncc(N(C4CC4)[C@@H]4C[C@H]5CCC[C@H](N5)[C@@H]4F)nn3)c(O)c2)nc1C#N. The Hall–Kier alpha value is -3.65. The number of hydrogen-bond acceptors (Lipinski definition) is 9. The summed E-state index contributed by atoms with van der Waals surface area (Å²) in [5.74, 6) is 1.34. The summed E-state index contributed by atoms with van der Waals surface area (Å²) in [5, 5.41) is 36.1. The van der Waals surface area contributed by atoms with Gasteiger partial charge in [0, 0.05) is 30.7 Å². The first kappa shape index (κ1) is 21.9. The molecule has 4 heterocycles. The lowest BCUT2D eigenvalue weighted by molar-refractivity contribution is 0.104. The van der Waals surface area contributed by atoms with E-state index in [0.29, 0.717) is 28.8 Å². The van der Waals surface area contributed by atoms with Crippen LogP contribution in [-0.4, -0.2) is 65.4 Å². The van der Waals surface area contributed by atoms with Crippen molar-refractivity contribution in [3.8, 4) is 34.6 Å². The molecule has 3 aromatic rings. The Morgan fingerprint density at radius 1 is 1.20 bits per heavy atom. The Labute approximate surface area is 201 Å². The zero-order valence-corrected chi connectivity index (χ0v) is 19.3. The van der Waals surface area contributed by atoms with Gasteiger partial charge in [0.15, 0.2) is 17.5 Å². The highest BCUT2D eigenvalue weighted by atomic mass is 19.1. The number of aromatic nitrogens is 6. The second-order valence-corrected chi connectivity index (χ2v) is 9.65. The average Bonchev–Trinajstić information content (AvgIpc) is 3.63. The fourth-order valence-electron chi connectivity index (χ4n) is 5.40. The van der Waals surface area contributed by atoms with Crippen LogP contribution in [0.25, 0.3) is 22.8 Å². The molecule has 0 unspecified atom stereocenters. The zero-order chi connectivity index (χ0) is 24.1. The van der Waals surface area contributed by atoms with Crippen molar-refractivity contribution in [3.05, 3.63) is 30.2 Å². The van der Waals surface area contributed by atoms with E-state index in [1.807, 2.05) is 6.07 Å². The molecule has 3 fully saturated rings. The molecule has 10 nitrogen and oxygen atoms in total. The molecule has 35 heavy (non-hydrogen) atoms. The first-order valence-corrected chi connectivity index (χ1v) is 12.0. The van der Waals surface area contributed by atoms with Crippen molar-refractivity contribution in [2.24, 2.45) is 7.05 Å². The average molecular weight is 476 g/mol. The van der Waals surface area contributed by atoms with Gasteiger partial charge in [-0.2, -0.15) is 15.3 Å². The van der Waals surface area contributed by atoms with Crippen LogP contribution < -0.4 is 10.2 Å². The zero-order valence-electron chi connectivity index (χ0n) is 19.3. The van der Waals surface area contributed by atoms with Crippen molar-refractivity contribution in [2.75, 3.05) is 4.90 Å². The lowest BCUT2D eigenvalue weighted by atomic mass is 9.82. The molecule has 0 radical (unpaired) electrons. The van der Waals surface area contributed by atoms with Crippen LogP contribution in [0.3, 0.4) is 0 Å². The number of nitrogens with zero attached hydrogens (tertiary/aromatic N) is 8. The van der Waals surface area contributed by atoms with E-state index < -0.39 is 6.17 Å². The molecule has 4 atom stereocenters. The van der Waals surface area contributed by atoms with E-state index in [1.165, 1.54) is 10.7 Å². The summed E-state index contributed by atoms with van der Waals surface area (Å²) in [7, 11) is 1.64. The van der Waals surface area contributed by atoms with Crippen molar-refractivity contribution < 1.29 is 9.50 Å². The number of fused-ring (bicyclic) bond motifs is 2. The number of aromatic hydroxyl groups is 1. The van der Waals surface area contributed by atoms with Gasteiger partial charge in [0.1, 0.15) is 18.0 Å². The van der Waals surface area contributed by atoms with Crippen LogP contribution in [0, 0.1) is 11.3 Å². The number of hydrogen-bond donors (Lipinski definition) is 2. The van der Waals surface area contributed by atoms with Crippen LogP contribution in [0.5, 0.6) is 5.75 Å². The van der Waals surface area contributed by atoms with Gasteiger partial charge in [-0.3, -0.25) is 0 Å². The van der Waals surface area contributed by atoms with E-state index in [4.69, 9.17) is 5.26 Å². The minimum Gasteiger partial charge on any atom is -0.507 e. The van der Waals surface area contributed by atoms with Gasteiger partial charge in [-0.1, -0.05) is 12.5 Å². The molecule has 3 aliphatic rings. The third-order valence-corrected chi connectivity index (χ3v) is 7.27. The molecule has 0 amide bonds. The van der Waals surface area contributed by atoms with Gasteiger partial charge in [-0.05, 0) is 44.2 Å². The first-order valence-electron chi connectivity index (χ1n) is 12.0. The van der Waals surface area contributed by atoms with Crippen molar-refractivity contribution in [1.29, 1.82) is 5.26 Å². The van der Waals surface area contributed by atoms with Gasteiger partial charge in [-0.25, -0.2) is 14.1 Å². The highest BCUT2D eigenvalue weighted by Crippen LogP contribution is 2.39. The topological polar surface area (TPSA) is 129 Å². The van der Waals surface area contributed by atoms with Gasteiger partial charge in [0.05, 0.1) is 17.8 Å². The lowest BCUT2D eigenvalue weighted by Crippen LogP contribution is -2.62. The van der Waals surface area contributed by atoms with E-state index in [9.17, 15) is 5.11 Å². The molecule has 180 valence electrons. The van der Waals surface area contributed by atoms with Gasteiger partial charge in [0.25, 0.3) is 0 Å². The predicted octanol–water partition coefficient (Wildman–Crippen LogP) is 2.50. The number of halogens is 1. The summed E-state index contributed by atoms with van der Waals surface area (Å²) >= 11 is 0. The quantitative estimate of drug-likeness (QED) is 0.572. The van der Waals surface area contributed by atoms with Crippen LogP contribution in [-0.2, 0) is 7.05 Å². The number of anilines is 1. The van der Waals surface area contributed by atoms with E-state index in [-0.39, 0.29) is 35.5 Å². The summed E-state index contributed by atoms with van der Waals surface area (Å²) in [6.45, 7) is 0. The Bertz CT molecular complexity index is 1280. The summed E-state index contributed by atoms with van der Waals surface area (Å²) in [6, 6.07) is 7.20. The van der Waals surface area contributed by atoms with Crippen molar-refractivity contribution in [3.63, 3.8) is 0 Å². The molecular weight excluding hydrogens is 449 g/mol. The third kappa shape index (κ3) is 3.97. The van der Waals surface area contributed by atoms with Gasteiger partial charge in [-0.15, -0.1) is 10.2 Å². The Kier molecular flexibility index (Phi) is 5.33. The van der Waals surface area contributed by atoms with E-state index in [0.717, 1.165) is 38.5 Å². The van der Waals surface area contributed by atoms with Gasteiger partial charge >= 0.3 is 0 Å². The molecular formula is C24H26FN9O. The molecule has 11 heteroatoms. The fraction of sp³-hybridized carbons (Fsp3) is 0.500. The number of phenols is 1. The lowest BCUT2D eigenvalue weighted by Gasteiger charge is -2.47. The number of nitrogens with one attached hydrogen (secondary N) is 1. The maximum atomic E-state index is 15.4. The number of piperidine rings is 2. The minimum absolute atomic E-state index is 0.0444. The van der Waals surface area contributed by atoms with E-state index in [2.05, 4.69) is 35.5 Å². The second-order valence-electron chi connectivity index (χ2n) is 9.65. The molecule has 0 spiro atoms. The van der Waals surface area contributed by atoms with E-state index >= 15 is 4.39 Å². The number of benzene rings is 1. The van der Waals surface area contributed by atoms with Crippen LogP contribution in [0.2, 0.25) is 0 Å². The maximum absolute atomic E-state index is 15.4. The van der Waals surface area contributed by atoms with Gasteiger partial charge in [0.2, 0.25) is 5.82 Å². The number of rotatable bonds is 5. The molecule has 2 saturated heterocycles. The molecule has 1 saturated carbocycles. The molecule has 1 aromatic carbocycles. The van der Waals surface area contributed by atoms with Crippen LogP contribution in [0.4, 0.5) is 10.2 Å². The van der Waals surface area contributed by atoms with Crippen molar-refractivity contribution >= 4 is 5.82 Å². The number of phenolic OH excluding ortho intramolecular Hbond substituents is 1. The molecule has 2 N–H and O–H groups in total. The van der Waals surface area contributed by atoms with Crippen LogP contribution >= 0.6 is 0 Å². The fourth-order valence-corrected chi connectivity index (χ4v) is 5.40. The largest absolute Gasteiger partial charge is 0.507 e. The summed E-state index contributed by atoms with van der Waals surface area (Å²) in [6.07, 6.45) is 6.52. The number of aryl methyl sites for hydroxylation is 1. The van der Waals surface area contributed by atoms with Crippen molar-refractivity contribution in [2.45, 2.75) is 68.9 Å². The third-order valence-electron chi connectivity index (χ3n) is 7.27. The Morgan fingerprint density at radius 3 is 2.74 bits per heavy atom. The second kappa shape index (κ2) is 8.53. The molecule has 6 rings (SSSR count). The van der Waals surface area contributed by atoms with Crippen molar-refractivity contribution in [1.82, 2.24) is 35.3 Å². The highest BCUT2D eigenvalue weighted by molar-refractivity contribution is 5.70. The maximum Gasteiger partial charge on any atom is 0.231 e. The van der Waals surface area contributed by atoms with Gasteiger partial charge < -0.3 is 15.3 Å². The molecule has 2 aliphatic heterocycles. The normalized spacial score (nSPS) is 25.7. The molecule has 2 aromatic heterocycles. The standard InChI is InChI=1S/C24H26FN9O/c1-33-20(11-26)29-23(32-33)13-5-8-16(19(35)9-13)24-27-12-21(30-31-24)34(15-6-7-15)18-10-14-3-2-4-17(28-14)22(18)25/h5,8-9,12,14-15,17-18,22,28,35H,2-4,6-7,10H2,1H3/t14-,17+,18-,22+/m1/s1. The smallest absolute Gasteiger partial charge is 0.231 e. The van der Waals surface area contributed by atoms with Crippen LogP contribution in [0.15, 0.2) is 24.4 Å². The Morgan fingerprint density at radius 2 is 2.06 bits per heavy atom. The predicted molar refractivity (Wildman–Crippen MR) is 125 cm³/mol. The Balaban J connectivity index is 1.26. The molecule has 2 bridgehead atoms. The van der Waals surface area contributed by atoms with E-state index in [1.54, 1.807) is 25.4 Å². The summed E-state index contributed by atoms with van der Waals surface area (Å²) < 4.78 is 16.8. The minimum atomic E-state index is -0.952. The highest BCUT2D eigenvalue weighted by Gasteiger charge is 2.46. The summed E-state index contributed by atoms with van der Waals surface area (Å²) in [5.41, 5.74) is 0.986.